The maximum absolute atomic E-state index is 12.2. The van der Waals surface area contributed by atoms with E-state index < -0.39 is 5.60 Å². The Morgan fingerprint density at radius 2 is 2.00 bits per heavy atom. The van der Waals surface area contributed by atoms with Crippen LogP contribution in [0.15, 0.2) is 23.8 Å². The molecule has 3 aliphatic rings. The number of benzene rings is 1. The van der Waals surface area contributed by atoms with Crippen molar-refractivity contribution in [2.24, 2.45) is 11.7 Å². The summed E-state index contributed by atoms with van der Waals surface area (Å²) in [5, 5.41) is 10.8. The zero-order valence-electron chi connectivity index (χ0n) is 14.2. The minimum Gasteiger partial charge on any atom is -0.508 e. The predicted octanol–water partition coefficient (Wildman–Crippen LogP) is 3.55. The summed E-state index contributed by atoms with van der Waals surface area (Å²) in [6.45, 7) is 0.749. The van der Waals surface area contributed by atoms with Gasteiger partial charge in [-0.05, 0) is 36.8 Å². The molecule has 0 radical (unpaired) electrons. The number of hydrogen-bond acceptors (Lipinski definition) is 5. The molecule has 2 heterocycles. The number of carbonyl (C=O) groups excluding carboxylic acids is 1. The van der Waals surface area contributed by atoms with E-state index in [0.29, 0.717) is 35.2 Å². The van der Waals surface area contributed by atoms with Crippen LogP contribution in [0.25, 0.3) is 0 Å². The lowest BCUT2D eigenvalue weighted by molar-refractivity contribution is -0.196. The van der Waals surface area contributed by atoms with Gasteiger partial charge >= 0.3 is 0 Å². The van der Waals surface area contributed by atoms with Crippen LogP contribution in [0.3, 0.4) is 0 Å². The van der Waals surface area contributed by atoms with Crippen LogP contribution in [0.4, 0.5) is 0 Å². The Bertz CT molecular complexity index is 775. The third kappa shape index (κ3) is 3.06. The second-order valence-electron chi connectivity index (χ2n) is 7.39. The fourth-order valence-corrected chi connectivity index (χ4v) is 4.35. The summed E-state index contributed by atoms with van der Waals surface area (Å²) < 4.78 is 11.2. The van der Waals surface area contributed by atoms with Crippen molar-refractivity contribution in [3.63, 3.8) is 0 Å². The third-order valence-corrected chi connectivity index (χ3v) is 6.48. The topological polar surface area (TPSA) is 81.8 Å². The van der Waals surface area contributed by atoms with Gasteiger partial charge in [-0.1, -0.05) is 29.3 Å². The Labute approximate surface area is 162 Å². The Morgan fingerprint density at radius 3 is 2.58 bits per heavy atom. The summed E-state index contributed by atoms with van der Waals surface area (Å²) in [5.41, 5.74) is 7.48. The number of halogens is 2. The van der Waals surface area contributed by atoms with E-state index in [0.717, 1.165) is 19.3 Å². The first-order valence-electron chi connectivity index (χ1n) is 8.81. The fourth-order valence-electron chi connectivity index (χ4n) is 4.02. The van der Waals surface area contributed by atoms with Crippen LogP contribution in [0.2, 0.25) is 10.0 Å². The Kier molecular flexibility index (Phi) is 4.78. The summed E-state index contributed by atoms with van der Waals surface area (Å²) >= 11 is 12.0. The highest BCUT2D eigenvalue weighted by atomic mass is 35.5. The average molecular weight is 398 g/mol. The largest absolute Gasteiger partial charge is 0.508 e. The number of phenols is 1. The van der Waals surface area contributed by atoms with Crippen molar-refractivity contribution in [3.05, 3.63) is 39.4 Å². The molecule has 3 atom stereocenters. The van der Waals surface area contributed by atoms with Crippen molar-refractivity contribution < 1.29 is 19.4 Å². The molecule has 140 valence electrons. The van der Waals surface area contributed by atoms with Gasteiger partial charge in [-0.3, -0.25) is 4.79 Å². The first-order chi connectivity index (χ1) is 12.4. The lowest BCUT2D eigenvalue weighted by Gasteiger charge is -2.36. The van der Waals surface area contributed by atoms with Crippen LogP contribution < -0.4 is 5.73 Å². The number of hydrogen-bond donors (Lipinski definition) is 2. The van der Waals surface area contributed by atoms with Gasteiger partial charge in [0.05, 0.1) is 29.4 Å². The number of nitrogens with two attached hydrogens (primary N) is 1. The van der Waals surface area contributed by atoms with Crippen molar-refractivity contribution in [2.45, 2.75) is 43.4 Å². The van der Waals surface area contributed by atoms with Gasteiger partial charge in [-0.2, -0.15) is 0 Å². The smallest absolute Gasteiger partial charge is 0.173 e. The molecule has 26 heavy (non-hydrogen) atoms. The maximum atomic E-state index is 12.2. The first kappa shape index (κ1) is 18.3. The number of Topliss-reactive ketones (excluding diaryl/α,β-unsaturated/α-hetero) is 1. The van der Waals surface area contributed by atoms with Crippen molar-refractivity contribution in [2.75, 3.05) is 13.2 Å². The molecule has 0 bridgehead atoms. The van der Waals surface area contributed by atoms with Crippen LogP contribution in [-0.4, -0.2) is 35.8 Å². The highest BCUT2D eigenvalue weighted by Gasteiger charge is 2.54. The van der Waals surface area contributed by atoms with E-state index in [9.17, 15) is 9.90 Å². The number of carbonyl (C=O) groups is 1. The molecule has 0 aromatic heterocycles. The molecular weight excluding hydrogens is 377 g/mol. The predicted molar refractivity (Wildman–Crippen MR) is 98.5 cm³/mol. The molecule has 2 unspecified atom stereocenters. The van der Waals surface area contributed by atoms with Crippen LogP contribution in [-0.2, 0) is 14.3 Å². The maximum Gasteiger partial charge on any atom is 0.173 e. The molecule has 4 rings (SSSR count). The Hall–Kier alpha value is -1.11. The lowest BCUT2D eigenvalue weighted by atomic mass is 9.80. The van der Waals surface area contributed by atoms with E-state index in [-0.39, 0.29) is 29.6 Å². The molecule has 0 amide bonds. The first-order valence-corrected chi connectivity index (χ1v) is 9.56. The molecule has 1 spiro atoms. The average Bonchev–Trinajstić information content (AvgIpc) is 2.95. The van der Waals surface area contributed by atoms with Crippen LogP contribution in [0.1, 0.15) is 37.3 Å². The van der Waals surface area contributed by atoms with E-state index in [1.54, 1.807) is 6.07 Å². The SMILES string of the molecule is N[C@@H](c1cc(Cl)c(Cl)cc1O)C1CC=C(C2CC(=O)C3(COC3)O2)CC1. The molecule has 1 aromatic rings. The van der Waals surface area contributed by atoms with Crippen molar-refractivity contribution in [3.8, 4) is 5.75 Å². The number of aromatic hydroxyl groups is 1. The molecule has 2 saturated heterocycles. The summed E-state index contributed by atoms with van der Waals surface area (Å²) in [7, 11) is 0. The molecule has 0 saturated carbocycles. The fraction of sp³-hybridized carbons (Fsp3) is 0.526. The van der Waals surface area contributed by atoms with Crippen LogP contribution in [0.5, 0.6) is 5.75 Å². The van der Waals surface area contributed by atoms with E-state index >= 15 is 0 Å². The highest BCUT2D eigenvalue weighted by molar-refractivity contribution is 6.42. The molecule has 2 fully saturated rings. The van der Waals surface area contributed by atoms with Gasteiger partial charge in [0, 0.05) is 24.1 Å². The molecule has 5 nitrogen and oxygen atoms in total. The van der Waals surface area contributed by atoms with Gasteiger partial charge in [0.2, 0.25) is 0 Å². The zero-order valence-corrected chi connectivity index (χ0v) is 15.7. The third-order valence-electron chi connectivity index (χ3n) is 5.75. The van der Waals surface area contributed by atoms with Gasteiger partial charge in [-0.15, -0.1) is 0 Å². The van der Waals surface area contributed by atoms with Gasteiger partial charge in [0.1, 0.15) is 5.75 Å². The van der Waals surface area contributed by atoms with Crippen molar-refractivity contribution in [1.29, 1.82) is 0 Å². The van der Waals surface area contributed by atoms with Crippen LogP contribution >= 0.6 is 23.2 Å². The van der Waals surface area contributed by atoms with Gasteiger partial charge in [0.25, 0.3) is 0 Å². The Balaban J connectivity index is 1.44. The standard InChI is InChI=1S/C19H21Cl2NO4/c20-13-5-12(15(23)6-14(13)21)18(22)11-3-1-10(2-4-11)16-7-17(24)19(26-16)8-25-9-19/h1,5-6,11,16,18,23H,2-4,7-9,22H2/t11?,16?,18-/m1/s1. The van der Waals surface area contributed by atoms with Crippen molar-refractivity contribution >= 4 is 29.0 Å². The number of ether oxygens (including phenoxy) is 2. The molecule has 2 aliphatic heterocycles. The normalized spacial score (nSPS) is 28.7. The summed E-state index contributed by atoms with van der Waals surface area (Å²) in [4.78, 5) is 12.2. The summed E-state index contributed by atoms with van der Waals surface area (Å²) in [6, 6.07) is 2.74. The number of rotatable bonds is 3. The Morgan fingerprint density at radius 1 is 1.27 bits per heavy atom. The molecular formula is C19H21Cl2NO4. The monoisotopic (exact) mass is 397 g/mol. The second kappa shape index (κ2) is 6.80. The second-order valence-corrected chi connectivity index (χ2v) is 8.20. The van der Waals surface area contributed by atoms with Gasteiger partial charge in [-0.25, -0.2) is 0 Å². The van der Waals surface area contributed by atoms with Gasteiger partial charge in [0.15, 0.2) is 11.4 Å². The summed E-state index contributed by atoms with van der Waals surface area (Å²) in [6.07, 6.45) is 4.90. The molecule has 7 heteroatoms. The molecule has 1 aromatic carbocycles. The molecule has 3 N–H and O–H groups in total. The van der Waals surface area contributed by atoms with Crippen molar-refractivity contribution in [1.82, 2.24) is 0 Å². The quantitative estimate of drug-likeness (QED) is 0.761. The van der Waals surface area contributed by atoms with E-state index in [1.807, 2.05) is 0 Å². The lowest BCUT2D eigenvalue weighted by Crippen LogP contribution is -2.54. The minimum absolute atomic E-state index is 0.0679. The summed E-state index contributed by atoms with van der Waals surface area (Å²) in [5.74, 6) is 0.396. The number of phenolic OH excluding ortho intramolecular Hbond substituents is 1. The van der Waals surface area contributed by atoms with Gasteiger partial charge < -0.3 is 20.3 Å². The van der Waals surface area contributed by atoms with E-state index in [2.05, 4.69) is 6.08 Å². The van der Waals surface area contributed by atoms with Crippen LogP contribution in [0, 0.1) is 5.92 Å². The number of allylic oxidation sites excluding steroid dienone is 1. The van der Waals surface area contributed by atoms with E-state index in [4.69, 9.17) is 38.4 Å². The minimum atomic E-state index is -0.690. The van der Waals surface area contributed by atoms with E-state index in [1.165, 1.54) is 11.6 Å². The number of ketones is 1. The zero-order chi connectivity index (χ0) is 18.5. The molecule has 1 aliphatic carbocycles. The highest BCUT2D eigenvalue weighted by Crippen LogP contribution is 2.42.